The number of benzene rings is 1. The van der Waals surface area contributed by atoms with Crippen LogP contribution in [-0.4, -0.2) is 10.5 Å². The highest BCUT2D eigenvalue weighted by atomic mass is 19.1. The van der Waals surface area contributed by atoms with Gasteiger partial charge in [-0.3, -0.25) is 4.79 Å². The molecule has 3 rings (SSSR count). The zero-order chi connectivity index (χ0) is 13.8. The summed E-state index contributed by atoms with van der Waals surface area (Å²) in [7, 11) is 1.87. The average Bonchev–Trinajstić information content (AvgIpc) is 2.84. The van der Waals surface area contributed by atoms with E-state index in [2.05, 4.69) is 5.32 Å². The van der Waals surface area contributed by atoms with Crippen LogP contribution in [0, 0.1) is 5.82 Å². The van der Waals surface area contributed by atoms with Crippen LogP contribution in [0.3, 0.4) is 0 Å². The molecule has 0 spiro atoms. The normalized spacial score (nSPS) is 16.3. The van der Waals surface area contributed by atoms with Crippen LogP contribution in [-0.2, 0) is 17.3 Å². The Labute approximate surface area is 111 Å². The van der Waals surface area contributed by atoms with Crippen LogP contribution in [0.15, 0.2) is 30.5 Å². The number of carbonyl (C=O) groups excluding carboxylic acids is 1. The van der Waals surface area contributed by atoms with E-state index in [1.54, 1.807) is 26.0 Å². The Balaban J connectivity index is 2.26. The zero-order valence-electron chi connectivity index (χ0n) is 11.1. The molecule has 19 heavy (non-hydrogen) atoms. The van der Waals surface area contributed by atoms with Gasteiger partial charge in [0.15, 0.2) is 0 Å². The van der Waals surface area contributed by atoms with Crippen LogP contribution in [0.5, 0.6) is 0 Å². The first-order valence-corrected chi connectivity index (χ1v) is 6.19. The molecule has 1 aromatic heterocycles. The lowest BCUT2D eigenvalue weighted by Gasteiger charge is -2.17. The molecule has 1 N–H and O–H groups in total. The van der Waals surface area contributed by atoms with E-state index >= 15 is 0 Å². The second-order valence-electron chi connectivity index (χ2n) is 5.43. The van der Waals surface area contributed by atoms with Crippen molar-refractivity contribution < 1.29 is 9.18 Å². The number of anilines is 1. The first-order chi connectivity index (χ1) is 8.93. The average molecular weight is 258 g/mol. The number of nitrogens with zero attached hydrogens (tertiary/aromatic N) is 1. The Morgan fingerprint density at radius 3 is 2.63 bits per heavy atom. The molecular formula is C15H15FN2O. The summed E-state index contributed by atoms with van der Waals surface area (Å²) in [6.45, 7) is 3.48. The van der Waals surface area contributed by atoms with Crippen molar-refractivity contribution in [2.24, 2.45) is 7.05 Å². The van der Waals surface area contributed by atoms with Crippen molar-refractivity contribution in [3.05, 3.63) is 41.8 Å². The standard InChI is InChI=1S/C15H15FN2O/c1-15(2)12-10(17-14(15)19)7-6-9(13(12)16)11-5-4-8-18(11)3/h4-8H,1-3H3,(H,17,19). The Kier molecular flexibility index (Phi) is 2.33. The fraction of sp³-hybridized carbons (Fsp3) is 0.267. The summed E-state index contributed by atoms with van der Waals surface area (Å²) in [4.78, 5) is 11.9. The minimum Gasteiger partial charge on any atom is -0.350 e. The minimum atomic E-state index is -0.833. The molecule has 0 atom stereocenters. The molecule has 3 nitrogen and oxygen atoms in total. The number of aromatic nitrogens is 1. The van der Waals surface area contributed by atoms with Crippen molar-refractivity contribution in [3.8, 4) is 11.3 Å². The van der Waals surface area contributed by atoms with Gasteiger partial charge in [-0.2, -0.15) is 0 Å². The van der Waals surface area contributed by atoms with Crippen LogP contribution in [0.25, 0.3) is 11.3 Å². The molecule has 2 aromatic rings. The van der Waals surface area contributed by atoms with Gasteiger partial charge in [0, 0.05) is 30.1 Å². The highest BCUT2D eigenvalue weighted by Gasteiger charge is 2.41. The first kappa shape index (κ1) is 12.0. The van der Waals surface area contributed by atoms with E-state index in [1.807, 2.05) is 29.9 Å². The maximum absolute atomic E-state index is 14.8. The van der Waals surface area contributed by atoms with Crippen LogP contribution < -0.4 is 5.32 Å². The smallest absolute Gasteiger partial charge is 0.234 e. The Hall–Kier alpha value is -2.10. The Bertz CT molecular complexity index is 685. The topological polar surface area (TPSA) is 34.0 Å². The van der Waals surface area contributed by atoms with Gasteiger partial charge in [0.2, 0.25) is 5.91 Å². The van der Waals surface area contributed by atoms with E-state index < -0.39 is 5.41 Å². The number of amides is 1. The van der Waals surface area contributed by atoms with E-state index in [4.69, 9.17) is 0 Å². The largest absolute Gasteiger partial charge is 0.350 e. The van der Waals surface area contributed by atoms with Gasteiger partial charge in [0.25, 0.3) is 0 Å². The van der Waals surface area contributed by atoms with E-state index in [0.717, 1.165) is 5.69 Å². The van der Waals surface area contributed by atoms with Crippen molar-refractivity contribution in [1.29, 1.82) is 0 Å². The lowest BCUT2D eigenvalue weighted by atomic mass is 9.84. The molecule has 2 heterocycles. The van der Waals surface area contributed by atoms with Crippen molar-refractivity contribution in [2.45, 2.75) is 19.3 Å². The number of aryl methyl sites for hydroxylation is 1. The van der Waals surface area contributed by atoms with Crippen LogP contribution >= 0.6 is 0 Å². The van der Waals surface area contributed by atoms with Gasteiger partial charge >= 0.3 is 0 Å². The Morgan fingerprint density at radius 2 is 2.00 bits per heavy atom. The molecule has 0 aliphatic carbocycles. The molecule has 1 amide bonds. The maximum Gasteiger partial charge on any atom is 0.234 e. The molecule has 0 unspecified atom stereocenters. The van der Waals surface area contributed by atoms with E-state index in [9.17, 15) is 9.18 Å². The molecule has 0 saturated heterocycles. The minimum absolute atomic E-state index is 0.162. The predicted molar refractivity (Wildman–Crippen MR) is 72.5 cm³/mol. The fourth-order valence-electron chi connectivity index (χ4n) is 2.62. The van der Waals surface area contributed by atoms with Crippen molar-refractivity contribution >= 4 is 11.6 Å². The molecular weight excluding hydrogens is 243 g/mol. The summed E-state index contributed by atoms with van der Waals surface area (Å²) < 4.78 is 16.6. The van der Waals surface area contributed by atoms with Gasteiger partial charge in [-0.1, -0.05) is 0 Å². The lowest BCUT2D eigenvalue weighted by molar-refractivity contribution is -0.119. The SMILES string of the molecule is Cn1cccc1-c1ccc2c(c1F)C(C)(C)C(=O)N2. The summed E-state index contributed by atoms with van der Waals surface area (Å²) in [5, 5.41) is 2.73. The molecule has 1 aliphatic rings. The molecule has 4 heteroatoms. The second kappa shape index (κ2) is 3.70. The Morgan fingerprint density at radius 1 is 1.26 bits per heavy atom. The molecule has 0 bridgehead atoms. The second-order valence-corrected chi connectivity index (χ2v) is 5.43. The molecule has 0 saturated carbocycles. The van der Waals surface area contributed by atoms with E-state index in [-0.39, 0.29) is 11.7 Å². The third kappa shape index (κ3) is 1.52. The van der Waals surface area contributed by atoms with Gasteiger partial charge in [0.05, 0.1) is 11.1 Å². The van der Waals surface area contributed by atoms with Gasteiger partial charge in [-0.25, -0.2) is 4.39 Å². The summed E-state index contributed by atoms with van der Waals surface area (Å²) in [5.41, 5.74) is 1.52. The summed E-state index contributed by atoms with van der Waals surface area (Å²) in [6.07, 6.45) is 1.87. The van der Waals surface area contributed by atoms with Crippen molar-refractivity contribution in [2.75, 3.05) is 5.32 Å². The highest BCUT2D eigenvalue weighted by Crippen LogP contribution is 2.42. The highest BCUT2D eigenvalue weighted by molar-refractivity contribution is 6.06. The molecule has 0 fully saturated rings. The first-order valence-electron chi connectivity index (χ1n) is 6.19. The number of hydrogen-bond acceptors (Lipinski definition) is 1. The quantitative estimate of drug-likeness (QED) is 0.838. The number of fused-ring (bicyclic) bond motifs is 1. The summed E-state index contributed by atoms with van der Waals surface area (Å²) >= 11 is 0. The van der Waals surface area contributed by atoms with Crippen molar-refractivity contribution in [1.82, 2.24) is 4.57 Å². The van der Waals surface area contributed by atoms with Crippen molar-refractivity contribution in [3.63, 3.8) is 0 Å². The summed E-state index contributed by atoms with van der Waals surface area (Å²) in [5.74, 6) is -0.479. The van der Waals surface area contributed by atoms with Crippen LogP contribution in [0.1, 0.15) is 19.4 Å². The van der Waals surface area contributed by atoms with Gasteiger partial charge in [-0.15, -0.1) is 0 Å². The van der Waals surface area contributed by atoms with Gasteiger partial charge < -0.3 is 9.88 Å². The van der Waals surface area contributed by atoms with Crippen LogP contribution in [0.4, 0.5) is 10.1 Å². The third-order valence-corrected chi connectivity index (χ3v) is 3.80. The number of carbonyl (C=O) groups is 1. The zero-order valence-corrected chi connectivity index (χ0v) is 11.1. The van der Waals surface area contributed by atoms with Gasteiger partial charge in [0.1, 0.15) is 5.82 Å². The predicted octanol–water partition coefficient (Wildman–Crippen LogP) is 3.06. The lowest BCUT2D eigenvalue weighted by Crippen LogP contribution is -2.27. The number of halogens is 1. The molecule has 0 radical (unpaired) electrons. The molecule has 98 valence electrons. The van der Waals surface area contributed by atoms with E-state index in [0.29, 0.717) is 16.8 Å². The maximum atomic E-state index is 14.8. The molecule has 1 aliphatic heterocycles. The number of rotatable bonds is 1. The molecule has 1 aromatic carbocycles. The van der Waals surface area contributed by atoms with E-state index in [1.165, 1.54) is 0 Å². The third-order valence-electron chi connectivity index (χ3n) is 3.80. The number of nitrogens with one attached hydrogen (secondary N) is 1. The van der Waals surface area contributed by atoms with Crippen LogP contribution in [0.2, 0.25) is 0 Å². The van der Waals surface area contributed by atoms with Gasteiger partial charge in [-0.05, 0) is 38.1 Å². The summed E-state index contributed by atoms with van der Waals surface area (Å²) in [6, 6.07) is 7.22. The monoisotopic (exact) mass is 258 g/mol. The number of hydrogen-bond donors (Lipinski definition) is 1. The fourth-order valence-corrected chi connectivity index (χ4v) is 2.62.